The normalized spacial score (nSPS) is 27.8. The molecule has 1 saturated carbocycles. The van der Waals surface area contributed by atoms with Gasteiger partial charge in [-0.3, -0.25) is 9.59 Å². The lowest BCUT2D eigenvalue weighted by Crippen LogP contribution is -2.46. The van der Waals surface area contributed by atoms with Crippen LogP contribution in [0.3, 0.4) is 0 Å². The van der Waals surface area contributed by atoms with Crippen LogP contribution in [0.5, 0.6) is 5.75 Å². The van der Waals surface area contributed by atoms with Gasteiger partial charge in [0.1, 0.15) is 11.8 Å². The minimum Gasteiger partial charge on any atom is -0.482 e. The summed E-state index contributed by atoms with van der Waals surface area (Å²) in [5, 5.41) is 12.3. The topological polar surface area (TPSA) is 95.9 Å². The fraction of sp³-hybridized carbons (Fsp3) is 0.500. The third-order valence-electron chi connectivity index (χ3n) is 5.47. The fourth-order valence-electron chi connectivity index (χ4n) is 4.34. The second kappa shape index (κ2) is 6.06. The Morgan fingerprint density at radius 3 is 2.84 bits per heavy atom. The number of rotatable bonds is 2. The Morgan fingerprint density at radius 2 is 2.04 bits per heavy atom. The summed E-state index contributed by atoms with van der Waals surface area (Å²) < 4.78 is 5.31. The van der Waals surface area contributed by atoms with Gasteiger partial charge >= 0.3 is 5.97 Å². The zero-order chi connectivity index (χ0) is 17.6. The van der Waals surface area contributed by atoms with E-state index in [2.05, 4.69) is 5.32 Å². The van der Waals surface area contributed by atoms with Gasteiger partial charge < -0.3 is 20.1 Å². The Bertz CT molecular complexity index is 747. The highest BCUT2D eigenvalue weighted by molar-refractivity contribution is 6.01. The van der Waals surface area contributed by atoms with E-state index in [-0.39, 0.29) is 30.4 Å². The molecule has 1 aromatic rings. The van der Waals surface area contributed by atoms with Crippen molar-refractivity contribution in [3.05, 3.63) is 23.8 Å². The highest BCUT2D eigenvalue weighted by Crippen LogP contribution is 2.41. The molecule has 1 aromatic carbocycles. The van der Waals surface area contributed by atoms with E-state index in [0.29, 0.717) is 23.4 Å². The Hall–Kier alpha value is -2.57. The molecule has 0 spiro atoms. The Morgan fingerprint density at radius 1 is 1.24 bits per heavy atom. The third-order valence-corrected chi connectivity index (χ3v) is 5.47. The summed E-state index contributed by atoms with van der Waals surface area (Å²) >= 11 is 0. The van der Waals surface area contributed by atoms with Gasteiger partial charge in [-0.25, -0.2) is 4.79 Å². The molecule has 1 saturated heterocycles. The molecule has 4 rings (SSSR count). The lowest BCUT2D eigenvalue weighted by molar-refractivity contribution is -0.141. The van der Waals surface area contributed by atoms with Crippen LogP contribution in [-0.4, -0.2) is 46.5 Å². The van der Waals surface area contributed by atoms with Crippen molar-refractivity contribution in [2.24, 2.45) is 5.92 Å². The summed E-state index contributed by atoms with van der Waals surface area (Å²) in [7, 11) is 0. The van der Waals surface area contributed by atoms with E-state index in [1.807, 2.05) is 0 Å². The SMILES string of the molecule is O=C1COc2ccc(C(=O)N3[C@@H]4CCCC[C@H]4C[C@H]3C(=O)O)cc2N1. The van der Waals surface area contributed by atoms with Crippen molar-refractivity contribution in [2.45, 2.75) is 44.2 Å². The van der Waals surface area contributed by atoms with E-state index in [4.69, 9.17) is 4.74 Å². The van der Waals surface area contributed by atoms with Crippen molar-refractivity contribution in [1.82, 2.24) is 4.90 Å². The van der Waals surface area contributed by atoms with E-state index in [9.17, 15) is 19.5 Å². The van der Waals surface area contributed by atoms with Crippen LogP contribution in [0.15, 0.2) is 18.2 Å². The number of hydrogen-bond donors (Lipinski definition) is 2. The molecule has 7 nitrogen and oxygen atoms in total. The predicted molar refractivity (Wildman–Crippen MR) is 88.5 cm³/mol. The molecule has 2 aliphatic heterocycles. The molecule has 0 aromatic heterocycles. The van der Waals surface area contributed by atoms with Crippen LogP contribution in [0.4, 0.5) is 5.69 Å². The maximum Gasteiger partial charge on any atom is 0.326 e. The van der Waals surface area contributed by atoms with E-state index >= 15 is 0 Å². The molecular weight excluding hydrogens is 324 g/mol. The number of nitrogens with one attached hydrogen (secondary N) is 1. The molecule has 2 fully saturated rings. The number of benzene rings is 1. The number of ether oxygens (including phenoxy) is 1. The second-order valence-corrected chi connectivity index (χ2v) is 6.96. The number of carbonyl (C=O) groups is 3. The Balaban J connectivity index is 1.65. The molecule has 132 valence electrons. The summed E-state index contributed by atoms with van der Waals surface area (Å²) in [6.45, 7) is -0.0444. The first-order chi connectivity index (χ1) is 12.0. The molecule has 3 aliphatic rings. The van der Waals surface area contributed by atoms with Crippen LogP contribution in [0.1, 0.15) is 42.5 Å². The van der Waals surface area contributed by atoms with E-state index in [1.54, 1.807) is 23.1 Å². The smallest absolute Gasteiger partial charge is 0.326 e. The zero-order valence-electron chi connectivity index (χ0n) is 13.7. The highest BCUT2D eigenvalue weighted by Gasteiger charge is 2.47. The molecule has 1 aliphatic carbocycles. The van der Waals surface area contributed by atoms with Crippen LogP contribution >= 0.6 is 0 Å². The van der Waals surface area contributed by atoms with Gasteiger partial charge in [-0.1, -0.05) is 12.8 Å². The van der Waals surface area contributed by atoms with Crippen molar-refractivity contribution in [2.75, 3.05) is 11.9 Å². The summed E-state index contributed by atoms with van der Waals surface area (Å²) in [5.41, 5.74) is 0.829. The largest absolute Gasteiger partial charge is 0.482 e. The average Bonchev–Trinajstić information content (AvgIpc) is 3.00. The Kier molecular flexibility index (Phi) is 3.86. The molecule has 0 unspecified atom stereocenters. The highest BCUT2D eigenvalue weighted by atomic mass is 16.5. The van der Waals surface area contributed by atoms with Crippen LogP contribution in [0.2, 0.25) is 0 Å². The number of aliphatic carboxylic acids is 1. The molecule has 25 heavy (non-hydrogen) atoms. The monoisotopic (exact) mass is 344 g/mol. The van der Waals surface area contributed by atoms with Gasteiger partial charge in [-0.2, -0.15) is 0 Å². The average molecular weight is 344 g/mol. The van der Waals surface area contributed by atoms with Crippen LogP contribution in [0, 0.1) is 5.92 Å². The van der Waals surface area contributed by atoms with Crippen LogP contribution in [0.25, 0.3) is 0 Å². The first-order valence-electron chi connectivity index (χ1n) is 8.67. The number of carboxylic acids is 1. The molecular formula is C18H20N2O5. The molecule has 0 radical (unpaired) electrons. The molecule has 2 heterocycles. The number of hydrogen-bond acceptors (Lipinski definition) is 4. The molecule has 7 heteroatoms. The van der Waals surface area contributed by atoms with Crippen molar-refractivity contribution in [3.8, 4) is 5.75 Å². The molecule has 2 N–H and O–H groups in total. The fourth-order valence-corrected chi connectivity index (χ4v) is 4.34. The molecule has 0 bridgehead atoms. The summed E-state index contributed by atoms with van der Waals surface area (Å²) in [6, 6.07) is 4.07. The molecule has 3 atom stereocenters. The maximum absolute atomic E-state index is 13.1. The predicted octanol–water partition coefficient (Wildman–Crippen LogP) is 1.88. The van der Waals surface area contributed by atoms with Gasteiger partial charge in [-0.05, 0) is 43.4 Å². The van der Waals surface area contributed by atoms with Gasteiger partial charge in [0.25, 0.3) is 11.8 Å². The number of nitrogens with zero attached hydrogens (tertiary/aromatic N) is 1. The lowest BCUT2D eigenvalue weighted by atomic mass is 9.84. The maximum atomic E-state index is 13.1. The summed E-state index contributed by atoms with van der Waals surface area (Å²) in [6.07, 6.45) is 4.47. The van der Waals surface area contributed by atoms with Crippen molar-refractivity contribution >= 4 is 23.5 Å². The number of fused-ring (bicyclic) bond motifs is 2. The number of likely N-dealkylation sites (tertiary alicyclic amines) is 1. The van der Waals surface area contributed by atoms with Gasteiger partial charge in [0.05, 0.1) is 5.69 Å². The number of amides is 2. The molecule has 2 amide bonds. The number of anilines is 1. The third kappa shape index (κ3) is 2.73. The first kappa shape index (κ1) is 15.9. The van der Waals surface area contributed by atoms with Crippen LogP contribution < -0.4 is 10.1 Å². The summed E-state index contributed by atoms with van der Waals surface area (Å²) in [5.74, 6) is -0.724. The minimum absolute atomic E-state index is 0.00998. The minimum atomic E-state index is -0.947. The summed E-state index contributed by atoms with van der Waals surface area (Å²) in [4.78, 5) is 37.8. The second-order valence-electron chi connectivity index (χ2n) is 6.96. The standard InChI is InChI=1S/C18H20N2O5/c21-16-9-25-15-6-5-11(7-12(15)19-16)17(22)20-13-4-2-1-3-10(13)8-14(20)18(23)24/h5-7,10,13-14H,1-4,8-9H2,(H,19,21)(H,23,24)/t10-,13+,14-/m0/s1. The van der Waals surface area contributed by atoms with Crippen molar-refractivity contribution in [1.29, 1.82) is 0 Å². The van der Waals surface area contributed by atoms with Gasteiger partial charge in [0, 0.05) is 11.6 Å². The van der Waals surface area contributed by atoms with Crippen molar-refractivity contribution < 1.29 is 24.2 Å². The number of carbonyl (C=O) groups excluding carboxylic acids is 2. The first-order valence-corrected chi connectivity index (χ1v) is 8.67. The van der Waals surface area contributed by atoms with Crippen molar-refractivity contribution in [3.63, 3.8) is 0 Å². The van der Waals surface area contributed by atoms with E-state index < -0.39 is 12.0 Å². The number of carboxylic acid groups (broad SMARTS) is 1. The lowest BCUT2D eigenvalue weighted by Gasteiger charge is -2.33. The zero-order valence-corrected chi connectivity index (χ0v) is 13.7. The van der Waals surface area contributed by atoms with E-state index in [1.165, 1.54) is 0 Å². The van der Waals surface area contributed by atoms with Crippen LogP contribution in [-0.2, 0) is 9.59 Å². The Labute approximate surface area is 144 Å². The van der Waals surface area contributed by atoms with Gasteiger partial charge in [-0.15, -0.1) is 0 Å². The van der Waals surface area contributed by atoms with E-state index in [0.717, 1.165) is 25.7 Å². The van der Waals surface area contributed by atoms with Gasteiger partial charge in [0.2, 0.25) is 0 Å². The quantitative estimate of drug-likeness (QED) is 0.854. The van der Waals surface area contributed by atoms with Gasteiger partial charge in [0.15, 0.2) is 6.61 Å².